The zero-order valence-electron chi connectivity index (χ0n) is 33.9. The maximum Gasteiger partial charge on any atom is 0.187 e. The lowest BCUT2D eigenvalue weighted by molar-refractivity contribution is -0.372. The normalized spacial score (nSPS) is 51.7. The van der Waals surface area contributed by atoms with Gasteiger partial charge >= 0.3 is 0 Å². The fourth-order valence-corrected chi connectivity index (χ4v) is 12.4. The zero-order valence-corrected chi connectivity index (χ0v) is 33.9. The molecule has 2 saturated heterocycles. The second-order valence-electron chi connectivity index (χ2n) is 19.4. The lowest BCUT2D eigenvalue weighted by Gasteiger charge is -2.64. The van der Waals surface area contributed by atoms with Crippen LogP contribution in [-0.4, -0.2) is 134 Å². The van der Waals surface area contributed by atoms with Crippen molar-refractivity contribution >= 4 is 11.6 Å². The quantitative estimate of drug-likeness (QED) is 0.182. The van der Waals surface area contributed by atoms with Gasteiger partial charge in [-0.3, -0.25) is 9.59 Å². The molecule has 14 nitrogen and oxygen atoms in total. The van der Waals surface area contributed by atoms with Gasteiger partial charge in [-0.1, -0.05) is 60.1 Å². The molecule has 56 heavy (non-hydrogen) atoms. The predicted molar refractivity (Wildman–Crippen MR) is 198 cm³/mol. The van der Waals surface area contributed by atoms with Gasteiger partial charge in [-0.15, -0.1) is 0 Å². The van der Waals surface area contributed by atoms with Gasteiger partial charge in [0, 0.05) is 35.2 Å². The van der Waals surface area contributed by atoms with Crippen LogP contribution in [0, 0.1) is 51.2 Å². The molecule has 0 aromatic rings. The smallest absolute Gasteiger partial charge is 0.187 e. The summed E-state index contributed by atoms with van der Waals surface area (Å²) in [6.07, 6.45) is -9.40. The van der Waals surface area contributed by atoms with Crippen molar-refractivity contribution in [3.63, 3.8) is 0 Å². The Labute approximate surface area is 329 Å². The average Bonchev–Trinajstić information content (AvgIpc) is 3.33. The average molecular weight is 793 g/mol. The highest BCUT2D eigenvalue weighted by Crippen LogP contribution is 2.74. The molecule has 7 rings (SSSR count). The van der Waals surface area contributed by atoms with E-state index in [-0.39, 0.29) is 42.3 Å². The Kier molecular flexibility index (Phi) is 11.1. The second-order valence-corrected chi connectivity index (χ2v) is 19.4. The van der Waals surface area contributed by atoms with Gasteiger partial charge in [0.2, 0.25) is 0 Å². The van der Waals surface area contributed by atoms with Gasteiger partial charge in [0.1, 0.15) is 54.3 Å². The number of aliphatic hydroxyl groups is 7. The van der Waals surface area contributed by atoms with Crippen LogP contribution in [-0.2, 0) is 33.3 Å². The van der Waals surface area contributed by atoms with E-state index in [0.29, 0.717) is 31.4 Å². The summed E-state index contributed by atoms with van der Waals surface area (Å²) < 4.78 is 30.4. The highest BCUT2D eigenvalue weighted by molar-refractivity contribution is 5.94. The number of ether oxygens (including phenoxy) is 5. The van der Waals surface area contributed by atoms with E-state index in [1.54, 1.807) is 6.08 Å². The Bertz CT molecular complexity index is 1590. The van der Waals surface area contributed by atoms with Crippen molar-refractivity contribution in [3.8, 4) is 0 Å². The first-order valence-corrected chi connectivity index (χ1v) is 20.6. The third kappa shape index (κ3) is 6.22. The molecule has 0 aromatic heterocycles. The fourth-order valence-electron chi connectivity index (χ4n) is 12.4. The molecule has 0 spiro atoms. The standard InChI is InChI=1S/C42H64O14/c1-18(2)25-13-23(44)20(17-52-25)30-24(45)14-40(6)27-11-9-21-22(42(27,8)28(46)15-41(30,40)7)10-12-29(39(21,4)5)55-38-36(34(50)32(48)26(16-43)54-38)56-37-35(51)33(49)31(47)19(3)53-37/h9,13,18-20,22,24,26-27,29-38,43,45,47-51H,10-12,14-17H2,1-8H3/t19-,20+,22+,24-,26+,27-,29+,30-,31-,32+,33+,34-,35+,36+,37?,38?,40-,41+,42-/m0/s1. The first-order valence-electron chi connectivity index (χ1n) is 20.6. The molecule has 5 fully saturated rings. The third-order valence-corrected chi connectivity index (χ3v) is 16.0. The van der Waals surface area contributed by atoms with E-state index in [4.69, 9.17) is 23.7 Å². The maximum atomic E-state index is 14.9. The molecule has 0 radical (unpaired) electrons. The predicted octanol–water partition coefficient (Wildman–Crippen LogP) is 1.53. The largest absolute Gasteiger partial charge is 0.497 e. The van der Waals surface area contributed by atoms with Crippen LogP contribution in [0.3, 0.4) is 0 Å². The van der Waals surface area contributed by atoms with Crippen LogP contribution in [0.2, 0.25) is 0 Å². The number of Topliss-reactive ketones (excluding diaryl/α,β-unsaturated/α-hetero) is 1. The minimum Gasteiger partial charge on any atom is -0.497 e. The van der Waals surface area contributed by atoms with E-state index >= 15 is 0 Å². The monoisotopic (exact) mass is 792 g/mol. The van der Waals surface area contributed by atoms with Crippen LogP contribution in [0.5, 0.6) is 0 Å². The van der Waals surface area contributed by atoms with E-state index in [1.807, 2.05) is 27.7 Å². The van der Waals surface area contributed by atoms with Crippen molar-refractivity contribution in [3.05, 3.63) is 23.5 Å². The third-order valence-electron chi connectivity index (χ3n) is 16.0. The molecule has 3 heterocycles. The fraction of sp³-hybridized carbons (Fsp3) is 0.857. The van der Waals surface area contributed by atoms with Crippen molar-refractivity contribution in [2.45, 2.75) is 161 Å². The number of hydrogen-bond acceptors (Lipinski definition) is 14. The summed E-state index contributed by atoms with van der Waals surface area (Å²) in [6, 6.07) is 0. The van der Waals surface area contributed by atoms with Crippen LogP contribution >= 0.6 is 0 Å². The first kappa shape index (κ1) is 42.3. The number of rotatable bonds is 7. The van der Waals surface area contributed by atoms with Gasteiger partial charge in [-0.05, 0) is 55.3 Å². The van der Waals surface area contributed by atoms with Gasteiger partial charge in [0.25, 0.3) is 0 Å². The van der Waals surface area contributed by atoms with Gasteiger partial charge in [0.05, 0.1) is 37.4 Å². The Morgan fingerprint density at radius 1 is 0.857 bits per heavy atom. The van der Waals surface area contributed by atoms with Crippen LogP contribution in [0.1, 0.15) is 87.5 Å². The Hall–Kier alpha value is -1.82. The van der Waals surface area contributed by atoms with Crippen molar-refractivity contribution < 1.29 is 69.0 Å². The molecule has 2 unspecified atom stereocenters. The van der Waals surface area contributed by atoms with Gasteiger partial charge < -0.3 is 59.4 Å². The molecule has 4 aliphatic carbocycles. The molecule has 19 atom stereocenters. The molecule has 14 heteroatoms. The van der Waals surface area contributed by atoms with Crippen molar-refractivity contribution in [2.75, 3.05) is 13.2 Å². The van der Waals surface area contributed by atoms with Gasteiger partial charge in [-0.25, -0.2) is 0 Å². The maximum absolute atomic E-state index is 14.9. The molecule has 3 aliphatic heterocycles. The summed E-state index contributed by atoms with van der Waals surface area (Å²) in [5.41, 5.74) is -1.44. The molecule has 0 bridgehead atoms. The second kappa shape index (κ2) is 14.7. The highest BCUT2D eigenvalue weighted by atomic mass is 16.8. The molecule has 316 valence electrons. The van der Waals surface area contributed by atoms with E-state index in [1.165, 1.54) is 6.92 Å². The summed E-state index contributed by atoms with van der Waals surface area (Å²) in [6.45, 7) is 15.5. The molecule has 7 N–H and O–H groups in total. The first-order chi connectivity index (χ1) is 26.1. The Balaban J connectivity index is 1.15. The van der Waals surface area contributed by atoms with Crippen LogP contribution in [0.15, 0.2) is 23.5 Å². The number of fused-ring (bicyclic) bond motifs is 5. The van der Waals surface area contributed by atoms with E-state index in [2.05, 4.69) is 26.8 Å². The Morgan fingerprint density at radius 2 is 1.55 bits per heavy atom. The summed E-state index contributed by atoms with van der Waals surface area (Å²) in [5.74, 6) is -0.377. The molecule has 0 aromatic carbocycles. The molecular weight excluding hydrogens is 728 g/mol. The number of carbonyl (C=O) groups is 2. The van der Waals surface area contributed by atoms with Crippen LogP contribution in [0.25, 0.3) is 0 Å². The molecule has 3 saturated carbocycles. The van der Waals surface area contributed by atoms with Gasteiger partial charge in [-0.2, -0.15) is 0 Å². The molecular formula is C42H64O14. The molecule has 0 amide bonds. The number of carbonyl (C=O) groups excluding carboxylic acids is 2. The van der Waals surface area contributed by atoms with Crippen LogP contribution < -0.4 is 0 Å². The zero-order chi connectivity index (χ0) is 41.0. The van der Waals surface area contributed by atoms with Crippen molar-refractivity contribution in [2.24, 2.45) is 51.2 Å². The number of hydrogen-bond donors (Lipinski definition) is 7. The number of ketones is 2. The van der Waals surface area contributed by atoms with Gasteiger partial charge in [0.15, 0.2) is 18.4 Å². The topological polar surface area (TPSA) is 222 Å². The SMILES string of the molecule is CC(C)C1=CC(=O)[C@H]([C@H]2[C@@H](O)C[C@@]3(C)[C@@H]4CC=C5[C@@H](CC[C@@H](OC6O[C@H](CO)[C@@H](O)[C@H](O)[C@H]6OC6O[C@@H](C)[C@H](O)[C@@H](O)[C@H]6O)C5(C)C)[C@]4(C)C(=O)C[C@]23C)CO1. The van der Waals surface area contributed by atoms with E-state index < -0.39 is 114 Å². The van der Waals surface area contributed by atoms with E-state index in [9.17, 15) is 45.3 Å². The summed E-state index contributed by atoms with van der Waals surface area (Å²) in [7, 11) is 0. The van der Waals surface area contributed by atoms with Crippen molar-refractivity contribution in [1.82, 2.24) is 0 Å². The Morgan fingerprint density at radius 3 is 2.20 bits per heavy atom. The van der Waals surface area contributed by atoms with Crippen LogP contribution in [0.4, 0.5) is 0 Å². The minimum atomic E-state index is -1.69. The number of allylic oxidation sites excluding steroid dienone is 3. The lowest BCUT2D eigenvalue weighted by atomic mass is 9.38. The summed E-state index contributed by atoms with van der Waals surface area (Å²) in [5, 5.41) is 75.2. The lowest BCUT2D eigenvalue weighted by Crippen LogP contribution is -2.65. The highest BCUT2D eigenvalue weighted by Gasteiger charge is 2.73. The summed E-state index contributed by atoms with van der Waals surface area (Å²) >= 11 is 0. The summed E-state index contributed by atoms with van der Waals surface area (Å²) in [4.78, 5) is 28.5. The minimum absolute atomic E-state index is 0.0449. The molecule has 7 aliphatic rings. The number of aliphatic hydroxyl groups excluding tert-OH is 7. The van der Waals surface area contributed by atoms with E-state index in [0.717, 1.165) is 5.57 Å². The van der Waals surface area contributed by atoms with Crippen molar-refractivity contribution in [1.29, 1.82) is 0 Å².